The molecule has 4 rings (SSSR count). The van der Waals surface area contributed by atoms with Crippen LogP contribution in [0, 0.1) is 34.5 Å². The molecule has 4 aliphatic rings. The van der Waals surface area contributed by atoms with Crippen LogP contribution in [0.4, 0.5) is 0 Å². The zero-order valence-electron chi connectivity index (χ0n) is 15.6. The highest BCUT2D eigenvalue weighted by Gasteiger charge is 2.56. The molecular weight excluding hydrogens is 276 g/mol. The Balaban J connectivity index is 1.67. The van der Waals surface area contributed by atoms with Gasteiger partial charge in [-0.15, -0.1) is 0 Å². The molecule has 4 aliphatic carbocycles. The van der Waals surface area contributed by atoms with Crippen molar-refractivity contribution in [3.8, 4) is 0 Å². The van der Waals surface area contributed by atoms with E-state index >= 15 is 0 Å². The van der Waals surface area contributed by atoms with Gasteiger partial charge >= 0.3 is 0 Å². The van der Waals surface area contributed by atoms with Gasteiger partial charge in [0.25, 0.3) is 0 Å². The molecule has 0 aromatic carbocycles. The van der Waals surface area contributed by atoms with Gasteiger partial charge in [-0.2, -0.15) is 0 Å². The number of hydrogen-bond donors (Lipinski definition) is 0. The quantitative estimate of drug-likeness (QED) is 0.473. The normalized spacial score (nSPS) is 50.3. The summed E-state index contributed by atoms with van der Waals surface area (Å²) >= 11 is 0. The molecule has 0 nitrogen and oxygen atoms in total. The van der Waals surface area contributed by atoms with Crippen molar-refractivity contribution in [1.82, 2.24) is 0 Å². The Kier molecular flexibility index (Phi) is 3.67. The summed E-state index contributed by atoms with van der Waals surface area (Å²) in [6.07, 6.45) is 20.0. The van der Waals surface area contributed by atoms with E-state index in [0.29, 0.717) is 16.7 Å². The van der Waals surface area contributed by atoms with E-state index in [1.54, 1.807) is 11.1 Å². The first-order valence-electron chi connectivity index (χ1n) is 10.1. The Bertz CT molecular complexity index is 577. The van der Waals surface area contributed by atoms with Crippen molar-refractivity contribution in [2.24, 2.45) is 34.5 Å². The Hall–Kier alpha value is -0.780. The number of fused-ring (bicyclic) bond motifs is 5. The lowest BCUT2D eigenvalue weighted by atomic mass is 9.48. The van der Waals surface area contributed by atoms with Crippen LogP contribution in [0.15, 0.2) is 35.5 Å². The van der Waals surface area contributed by atoms with Crippen molar-refractivity contribution in [2.75, 3.05) is 0 Å². The number of allylic oxidation sites excluding steroid dienone is 6. The van der Waals surface area contributed by atoms with Crippen LogP contribution in [-0.4, -0.2) is 0 Å². The predicted molar refractivity (Wildman–Crippen MR) is 99.1 cm³/mol. The lowest BCUT2D eigenvalue weighted by Gasteiger charge is -2.56. The van der Waals surface area contributed by atoms with Gasteiger partial charge in [-0.25, -0.2) is 0 Å². The fraction of sp³-hybridized carbons (Fsp3) is 0.739. The molecule has 0 aromatic heterocycles. The first-order chi connectivity index (χ1) is 11.0. The zero-order valence-corrected chi connectivity index (χ0v) is 15.6. The van der Waals surface area contributed by atoms with E-state index in [9.17, 15) is 0 Å². The molecular formula is C23H34. The smallest absolute Gasteiger partial charge is 0.00938 e. The second-order valence-electron chi connectivity index (χ2n) is 9.13. The lowest BCUT2D eigenvalue weighted by molar-refractivity contribution is -0.00290. The third-order valence-electron chi connectivity index (χ3n) is 8.42. The topological polar surface area (TPSA) is 0 Å². The van der Waals surface area contributed by atoms with Gasteiger partial charge in [-0.1, -0.05) is 56.2 Å². The summed E-state index contributed by atoms with van der Waals surface area (Å²) in [7, 11) is 0. The summed E-state index contributed by atoms with van der Waals surface area (Å²) in [5, 5.41) is 0. The highest BCUT2D eigenvalue weighted by molar-refractivity contribution is 5.34. The van der Waals surface area contributed by atoms with Gasteiger partial charge in [0.15, 0.2) is 0 Å². The van der Waals surface area contributed by atoms with Crippen LogP contribution in [0.5, 0.6) is 0 Å². The number of hydrogen-bond acceptors (Lipinski definition) is 0. The molecule has 3 fully saturated rings. The fourth-order valence-corrected chi connectivity index (χ4v) is 6.97. The third-order valence-corrected chi connectivity index (χ3v) is 8.42. The minimum absolute atomic E-state index is 0.370. The van der Waals surface area contributed by atoms with Crippen molar-refractivity contribution in [1.29, 1.82) is 0 Å². The molecule has 126 valence electrons. The van der Waals surface area contributed by atoms with Crippen LogP contribution in [0.25, 0.3) is 0 Å². The Morgan fingerprint density at radius 3 is 2.70 bits per heavy atom. The van der Waals surface area contributed by atoms with Gasteiger partial charge in [0, 0.05) is 5.41 Å². The van der Waals surface area contributed by atoms with Gasteiger partial charge in [-0.05, 0) is 81.0 Å². The summed E-state index contributed by atoms with van der Waals surface area (Å²) in [4.78, 5) is 0. The van der Waals surface area contributed by atoms with Crippen LogP contribution in [0.2, 0.25) is 0 Å². The van der Waals surface area contributed by atoms with Crippen LogP contribution in [0.3, 0.4) is 0 Å². The maximum Gasteiger partial charge on any atom is 0.00938 e. The lowest BCUT2D eigenvalue weighted by Crippen LogP contribution is -2.48. The Morgan fingerprint density at radius 2 is 1.96 bits per heavy atom. The van der Waals surface area contributed by atoms with Crippen molar-refractivity contribution >= 4 is 0 Å². The van der Waals surface area contributed by atoms with Crippen molar-refractivity contribution in [2.45, 2.75) is 72.6 Å². The minimum atomic E-state index is 0.370. The standard InChI is InChI=1S/C23H34/c1-5-16-11-13-23(4)18(15-16)7-9-19-20-10-8-17(6-2)22(20,3)14-12-21(19)23/h6,11,13,15-16,19-21H,5,7-10,12,14H2,1-4H3/b17-6-/t16-,19?,20?,21?,22+,23-/m0/s1. The van der Waals surface area contributed by atoms with E-state index in [2.05, 4.69) is 52.0 Å². The maximum absolute atomic E-state index is 2.63. The molecule has 0 aliphatic heterocycles. The molecule has 0 bridgehead atoms. The van der Waals surface area contributed by atoms with Crippen molar-refractivity contribution in [3.63, 3.8) is 0 Å². The van der Waals surface area contributed by atoms with E-state index in [4.69, 9.17) is 0 Å². The summed E-state index contributed by atoms with van der Waals surface area (Å²) in [5.41, 5.74) is 4.45. The first kappa shape index (κ1) is 15.7. The van der Waals surface area contributed by atoms with E-state index in [0.717, 1.165) is 17.8 Å². The molecule has 0 saturated heterocycles. The highest BCUT2D eigenvalue weighted by atomic mass is 14.6. The molecule has 0 radical (unpaired) electrons. The number of rotatable bonds is 1. The molecule has 0 heteroatoms. The monoisotopic (exact) mass is 310 g/mol. The molecule has 3 unspecified atom stereocenters. The Labute approximate surface area is 143 Å². The molecule has 0 amide bonds. The third kappa shape index (κ3) is 2.09. The SMILES string of the molecule is C/C=C1/CCC2C3CCC4=C[C@@H](CC)C=C[C@]4(C)C3CC[C@]12C. The molecule has 6 atom stereocenters. The highest BCUT2D eigenvalue weighted by Crippen LogP contribution is 2.66. The summed E-state index contributed by atoms with van der Waals surface area (Å²) in [5.74, 6) is 3.50. The van der Waals surface area contributed by atoms with Crippen LogP contribution in [0.1, 0.15) is 72.6 Å². The molecule has 0 aromatic rings. The van der Waals surface area contributed by atoms with Crippen molar-refractivity contribution < 1.29 is 0 Å². The van der Waals surface area contributed by atoms with Gasteiger partial charge in [-0.3, -0.25) is 0 Å². The van der Waals surface area contributed by atoms with Crippen molar-refractivity contribution in [3.05, 3.63) is 35.5 Å². The summed E-state index contributed by atoms with van der Waals surface area (Å²) in [6, 6.07) is 0. The average molecular weight is 311 g/mol. The van der Waals surface area contributed by atoms with Gasteiger partial charge < -0.3 is 0 Å². The average Bonchev–Trinajstić information content (AvgIpc) is 2.90. The fourth-order valence-electron chi connectivity index (χ4n) is 6.97. The largest absolute Gasteiger partial charge is 0.0879 e. The van der Waals surface area contributed by atoms with E-state index in [1.807, 2.05) is 0 Å². The van der Waals surface area contributed by atoms with Gasteiger partial charge in [0.1, 0.15) is 0 Å². The van der Waals surface area contributed by atoms with Gasteiger partial charge in [0.05, 0.1) is 0 Å². The second kappa shape index (κ2) is 5.36. The molecule has 23 heavy (non-hydrogen) atoms. The van der Waals surface area contributed by atoms with E-state index < -0.39 is 0 Å². The predicted octanol–water partition coefficient (Wildman–Crippen LogP) is 6.70. The van der Waals surface area contributed by atoms with E-state index in [-0.39, 0.29) is 0 Å². The first-order valence-corrected chi connectivity index (χ1v) is 10.1. The minimum Gasteiger partial charge on any atom is -0.0879 e. The molecule has 3 saturated carbocycles. The summed E-state index contributed by atoms with van der Waals surface area (Å²) < 4.78 is 0. The second-order valence-corrected chi connectivity index (χ2v) is 9.13. The van der Waals surface area contributed by atoms with Gasteiger partial charge in [0.2, 0.25) is 0 Å². The van der Waals surface area contributed by atoms with Crippen LogP contribution < -0.4 is 0 Å². The van der Waals surface area contributed by atoms with Crippen LogP contribution >= 0.6 is 0 Å². The molecule has 0 heterocycles. The molecule has 0 spiro atoms. The summed E-state index contributed by atoms with van der Waals surface area (Å²) in [6.45, 7) is 9.75. The maximum atomic E-state index is 2.63. The Morgan fingerprint density at radius 1 is 1.13 bits per heavy atom. The zero-order chi connectivity index (χ0) is 16.2. The van der Waals surface area contributed by atoms with Crippen LogP contribution in [-0.2, 0) is 0 Å². The molecule has 0 N–H and O–H groups in total. The van der Waals surface area contributed by atoms with E-state index in [1.165, 1.54) is 44.9 Å².